The van der Waals surface area contributed by atoms with Crippen LogP contribution in [-0.2, 0) is 9.47 Å². The first-order valence-corrected chi connectivity index (χ1v) is 15.9. The predicted octanol–water partition coefficient (Wildman–Crippen LogP) is 8.75. The minimum atomic E-state index is -0.376. The molecule has 5 aliphatic rings. The van der Waals surface area contributed by atoms with Gasteiger partial charge in [0.25, 0.3) is 0 Å². The highest BCUT2D eigenvalue weighted by atomic mass is 35.5. The minimum absolute atomic E-state index is 0.0178. The quantitative estimate of drug-likeness (QED) is 0.274. The molecule has 4 aliphatic carbocycles. The van der Waals surface area contributed by atoms with E-state index in [1.54, 1.807) is 18.1 Å². The van der Waals surface area contributed by atoms with Crippen LogP contribution in [-0.4, -0.2) is 30.2 Å². The largest absolute Gasteiger partial charge is 0.393 e. The second-order valence-corrected chi connectivity index (χ2v) is 14.8. The van der Waals surface area contributed by atoms with Gasteiger partial charge in [-0.05, 0) is 86.3 Å². The van der Waals surface area contributed by atoms with Gasteiger partial charge in [-0.3, -0.25) is 0 Å². The van der Waals surface area contributed by atoms with Crippen molar-refractivity contribution in [3.63, 3.8) is 0 Å². The molecule has 6 rings (SSSR count). The molecule has 1 aromatic rings. The average molecular weight is 565 g/mol. The van der Waals surface area contributed by atoms with E-state index >= 15 is 0 Å². The number of hydrogen-bond acceptors (Lipinski definition) is 3. The van der Waals surface area contributed by atoms with Gasteiger partial charge < -0.3 is 14.6 Å². The number of aliphatic hydroxyl groups is 1. The van der Waals surface area contributed by atoms with E-state index in [-0.39, 0.29) is 22.7 Å². The molecule has 0 radical (unpaired) electrons. The van der Waals surface area contributed by atoms with E-state index in [4.69, 9.17) is 21.1 Å². The molecular weight excluding hydrogens is 516 g/mol. The molecule has 6 atom stereocenters. The second kappa shape index (κ2) is 11.6. The Kier molecular flexibility index (Phi) is 8.68. The van der Waals surface area contributed by atoms with E-state index in [2.05, 4.69) is 70.4 Å². The molecule has 0 amide bonds. The highest BCUT2D eigenvalue weighted by Gasteiger charge is 2.57. The number of rotatable bonds is 1. The van der Waals surface area contributed by atoms with Gasteiger partial charge in [0.1, 0.15) is 0 Å². The van der Waals surface area contributed by atoms with Gasteiger partial charge in [0.05, 0.1) is 19.3 Å². The van der Waals surface area contributed by atoms with Gasteiger partial charge in [0, 0.05) is 41.2 Å². The van der Waals surface area contributed by atoms with Crippen LogP contribution in [0, 0.1) is 40.4 Å². The van der Waals surface area contributed by atoms with E-state index in [1.165, 1.54) is 24.8 Å². The van der Waals surface area contributed by atoms with Crippen molar-refractivity contribution >= 4 is 11.6 Å². The van der Waals surface area contributed by atoms with Crippen LogP contribution in [0.15, 0.2) is 47.0 Å². The van der Waals surface area contributed by atoms with Crippen LogP contribution in [0.5, 0.6) is 0 Å². The molecule has 3 nitrogen and oxygen atoms in total. The van der Waals surface area contributed by atoms with Crippen LogP contribution >= 0.6 is 11.6 Å². The normalized spacial score (nSPS) is 35.3. The SMILES string of the molecule is C=C(C)Cl.CCC#Cc1ccc(C2CC3(C)C(O)CCC3C3CCC4CC5(CCC4=C23)OCC(C)(C)CO5)cc1. The van der Waals surface area contributed by atoms with Crippen molar-refractivity contribution in [2.45, 2.75) is 110 Å². The van der Waals surface area contributed by atoms with E-state index in [0.717, 1.165) is 57.3 Å². The zero-order valence-electron chi connectivity index (χ0n) is 25.3. The summed E-state index contributed by atoms with van der Waals surface area (Å²) in [6.45, 7) is 15.6. The molecule has 0 aromatic heterocycles. The lowest BCUT2D eigenvalue weighted by atomic mass is 9.52. The first-order valence-electron chi connectivity index (χ1n) is 15.6. The maximum absolute atomic E-state index is 11.2. The van der Waals surface area contributed by atoms with Gasteiger partial charge in [0.15, 0.2) is 5.79 Å². The van der Waals surface area contributed by atoms with Crippen molar-refractivity contribution < 1.29 is 14.6 Å². The molecular formula is C36H49ClO3. The molecule has 1 heterocycles. The maximum Gasteiger partial charge on any atom is 0.169 e. The number of allylic oxidation sites excluding steroid dienone is 3. The molecule has 218 valence electrons. The van der Waals surface area contributed by atoms with Gasteiger partial charge in [-0.2, -0.15) is 0 Å². The molecule has 0 bridgehead atoms. The van der Waals surface area contributed by atoms with Crippen molar-refractivity contribution in [2.75, 3.05) is 13.2 Å². The van der Waals surface area contributed by atoms with Gasteiger partial charge in [-0.25, -0.2) is 0 Å². The fourth-order valence-electron chi connectivity index (χ4n) is 8.49. The van der Waals surface area contributed by atoms with Crippen molar-refractivity contribution in [1.82, 2.24) is 0 Å². The fraction of sp³-hybridized carbons (Fsp3) is 0.667. The lowest BCUT2D eigenvalue weighted by molar-refractivity contribution is -0.312. The first kappa shape index (κ1) is 29.9. The molecule has 1 spiro atoms. The van der Waals surface area contributed by atoms with Crippen molar-refractivity contribution in [3.05, 3.63) is 58.1 Å². The number of hydrogen-bond donors (Lipinski definition) is 1. The van der Waals surface area contributed by atoms with Crippen LogP contribution in [0.25, 0.3) is 0 Å². The Hall–Kier alpha value is -1.57. The van der Waals surface area contributed by atoms with Crippen LogP contribution in [0.2, 0.25) is 0 Å². The lowest BCUT2D eigenvalue weighted by Crippen LogP contribution is -2.52. The van der Waals surface area contributed by atoms with Crippen molar-refractivity contribution in [3.8, 4) is 11.8 Å². The molecule has 1 N–H and O–H groups in total. The number of halogens is 1. The Bertz CT molecular complexity index is 1170. The van der Waals surface area contributed by atoms with Gasteiger partial charge in [-0.15, -0.1) is 0 Å². The monoisotopic (exact) mass is 564 g/mol. The zero-order chi connectivity index (χ0) is 28.7. The topological polar surface area (TPSA) is 38.7 Å². The Morgan fingerprint density at radius 2 is 1.73 bits per heavy atom. The molecule has 1 aromatic carbocycles. The van der Waals surface area contributed by atoms with Crippen molar-refractivity contribution in [2.24, 2.45) is 28.6 Å². The Morgan fingerprint density at radius 1 is 1.05 bits per heavy atom. The van der Waals surface area contributed by atoms with Crippen LogP contribution < -0.4 is 0 Å². The third kappa shape index (κ3) is 5.85. The number of fused-ring (bicyclic) bond motifs is 4. The summed E-state index contributed by atoms with van der Waals surface area (Å²) in [5.74, 6) is 8.30. The Labute approximate surface area is 247 Å². The third-order valence-corrected chi connectivity index (χ3v) is 10.5. The summed E-state index contributed by atoms with van der Waals surface area (Å²) < 4.78 is 12.9. The standard InChI is InChI=1S/C33H44O3.C3H5Cl/c1-5-6-7-22-8-10-23(11-9-22)27-19-32(4)28(14-15-29(32)34)26-13-12-24-18-33(17-16-25(24)30(26)27)35-20-31(2,3)21-36-33;1-3(2)4/h8-11,24,26-29,34H,5,12-21H2,1-4H3;1H2,2H3. The average Bonchev–Trinajstić information content (AvgIpc) is 3.22. The number of ether oxygens (including phenoxy) is 2. The summed E-state index contributed by atoms with van der Waals surface area (Å²) in [5, 5.41) is 11.8. The Morgan fingerprint density at radius 3 is 2.38 bits per heavy atom. The summed E-state index contributed by atoms with van der Waals surface area (Å²) in [6, 6.07) is 9.06. The third-order valence-electron chi connectivity index (χ3n) is 10.5. The van der Waals surface area contributed by atoms with Crippen LogP contribution in [0.1, 0.15) is 109 Å². The predicted molar refractivity (Wildman–Crippen MR) is 164 cm³/mol. The molecule has 6 unspecified atom stereocenters. The van der Waals surface area contributed by atoms with Crippen LogP contribution in [0.3, 0.4) is 0 Å². The van der Waals surface area contributed by atoms with Crippen LogP contribution in [0.4, 0.5) is 0 Å². The summed E-state index contributed by atoms with van der Waals surface area (Å²) in [7, 11) is 0. The summed E-state index contributed by atoms with van der Waals surface area (Å²) in [5.41, 5.74) is 6.10. The first-order chi connectivity index (χ1) is 19.0. The summed E-state index contributed by atoms with van der Waals surface area (Å²) >= 11 is 5.08. The summed E-state index contributed by atoms with van der Waals surface area (Å²) in [4.78, 5) is 0. The zero-order valence-corrected chi connectivity index (χ0v) is 26.1. The number of benzene rings is 1. The molecule has 4 fully saturated rings. The number of aliphatic hydroxyl groups excluding tert-OH is 1. The minimum Gasteiger partial charge on any atom is -0.393 e. The maximum atomic E-state index is 11.2. The van der Waals surface area contributed by atoms with Crippen molar-refractivity contribution in [1.29, 1.82) is 0 Å². The van der Waals surface area contributed by atoms with E-state index in [9.17, 15) is 5.11 Å². The smallest absolute Gasteiger partial charge is 0.169 e. The lowest BCUT2D eigenvalue weighted by Gasteiger charge is -2.55. The molecule has 4 heteroatoms. The fourth-order valence-corrected chi connectivity index (χ4v) is 8.49. The molecule has 1 aliphatic heterocycles. The molecule has 1 saturated heterocycles. The highest BCUT2D eigenvalue weighted by Crippen LogP contribution is 2.65. The highest BCUT2D eigenvalue weighted by molar-refractivity contribution is 6.28. The van der Waals surface area contributed by atoms with Gasteiger partial charge in [0.2, 0.25) is 0 Å². The van der Waals surface area contributed by atoms with E-state index < -0.39 is 0 Å². The van der Waals surface area contributed by atoms with E-state index in [1.807, 2.05) is 0 Å². The van der Waals surface area contributed by atoms with Gasteiger partial charge in [-0.1, -0.05) is 81.0 Å². The second-order valence-electron chi connectivity index (χ2n) is 14.1. The molecule has 3 saturated carbocycles. The summed E-state index contributed by atoms with van der Waals surface area (Å²) in [6.07, 6.45) is 9.48. The molecule has 40 heavy (non-hydrogen) atoms. The Balaban J connectivity index is 0.000000758. The van der Waals surface area contributed by atoms with E-state index in [0.29, 0.717) is 28.7 Å². The van der Waals surface area contributed by atoms with Gasteiger partial charge >= 0.3 is 0 Å².